The number of hydrogen-bond acceptors (Lipinski definition) is 2. The molecular formula is C13H19N3. The number of aryl methyl sites for hydroxylation is 1. The van der Waals surface area contributed by atoms with Gasteiger partial charge in [-0.3, -0.25) is 4.98 Å². The van der Waals surface area contributed by atoms with E-state index in [2.05, 4.69) is 21.5 Å². The van der Waals surface area contributed by atoms with Gasteiger partial charge in [0.2, 0.25) is 0 Å². The number of aromatic nitrogens is 3. The molecule has 2 rings (SSSR count). The number of hydrogen-bond donors (Lipinski definition) is 0. The van der Waals surface area contributed by atoms with Gasteiger partial charge in [-0.1, -0.05) is 26.8 Å². The van der Waals surface area contributed by atoms with Crippen molar-refractivity contribution in [1.82, 2.24) is 14.5 Å². The lowest BCUT2D eigenvalue weighted by Crippen LogP contribution is -1.98. The lowest BCUT2D eigenvalue weighted by Gasteiger charge is -2.02. The van der Waals surface area contributed by atoms with Crippen LogP contribution in [-0.2, 0) is 13.5 Å². The minimum Gasteiger partial charge on any atom is -0.330 e. The summed E-state index contributed by atoms with van der Waals surface area (Å²) >= 11 is 0. The largest absolute Gasteiger partial charge is 0.330 e. The molecule has 0 fully saturated rings. The maximum atomic E-state index is 4.36. The first-order chi connectivity index (χ1) is 7.83. The van der Waals surface area contributed by atoms with Crippen molar-refractivity contribution in [3.8, 4) is 11.5 Å². The van der Waals surface area contributed by atoms with E-state index < -0.39 is 0 Å². The first kappa shape index (κ1) is 12.4. The van der Waals surface area contributed by atoms with Crippen LogP contribution in [0.5, 0.6) is 0 Å². The molecule has 0 atom stereocenters. The Balaban J connectivity index is 0.000000606. The molecule has 0 aliphatic heterocycles. The predicted octanol–water partition coefficient (Wildman–Crippen LogP) is 3.07. The second kappa shape index (κ2) is 6.05. The highest BCUT2D eigenvalue weighted by molar-refractivity contribution is 5.49. The van der Waals surface area contributed by atoms with Gasteiger partial charge in [-0.2, -0.15) is 0 Å². The molecule has 3 heteroatoms. The van der Waals surface area contributed by atoms with Crippen LogP contribution >= 0.6 is 0 Å². The molecule has 2 heterocycles. The fraction of sp³-hybridized carbons (Fsp3) is 0.385. The van der Waals surface area contributed by atoms with E-state index >= 15 is 0 Å². The van der Waals surface area contributed by atoms with Crippen LogP contribution in [0.15, 0.2) is 30.6 Å². The van der Waals surface area contributed by atoms with E-state index in [9.17, 15) is 0 Å². The Hall–Kier alpha value is -1.64. The predicted molar refractivity (Wildman–Crippen MR) is 67.2 cm³/mol. The molecule has 0 saturated heterocycles. The molecule has 0 unspecified atom stereocenters. The van der Waals surface area contributed by atoms with E-state index in [1.807, 2.05) is 45.3 Å². The van der Waals surface area contributed by atoms with Crippen LogP contribution in [0.3, 0.4) is 0 Å². The molecule has 3 nitrogen and oxygen atoms in total. The zero-order valence-corrected chi connectivity index (χ0v) is 10.4. The van der Waals surface area contributed by atoms with Gasteiger partial charge in [0.1, 0.15) is 5.69 Å². The zero-order chi connectivity index (χ0) is 12.0. The van der Waals surface area contributed by atoms with Crippen molar-refractivity contribution in [2.24, 2.45) is 7.05 Å². The standard InChI is InChI=1S/C11H13N3.C2H6/c1-3-9-8-13-11(14(9)2)10-6-4-5-7-12-10;1-2/h4-8H,3H2,1-2H3;1-2H3. The maximum Gasteiger partial charge on any atom is 0.158 e. The molecule has 86 valence electrons. The molecule has 0 aliphatic carbocycles. The van der Waals surface area contributed by atoms with Crippen molar-refractivity contribution in [1.29, 1.82) is 0 Å². The van der Waals surface area contributed by atoms with E-state index in [4.69, 9.17) is 0 Å². The van der Waals surface area contributed by atoms with Crippen LogP contribution in [0.25, 0.3) is 11.5 Å². The Morgan fingerprint density at radius 3 is 2.44 bits per heavy atom. The minimum absolute atomic E-state index is 0.926. The van der Waals surface area contributed by atoms with E-state index in [0.29, 0.717) is 0 Å². The molecule has 0 amide bonds. The lowest BCUT2D eigenvalue weighted by molar-refractivity contribution is 0.838. The van der Waals surface area contributed by atoms with Gasteiger partial charge >= 0.3 is 0 Å². The van der Waals surface area contributed by atoms with Gasteiger partial charge in [0.25, 0.3) is 0 Å². The third kappa shape index (κ3) is 2.48. The Bertz CT molecular complexity index is 418. The first-order valence-corrected chi connectivity index (χ1v) is 5.75. The number of nitrogens with zero attached hydrogens (tertiary/aromatic N) is 3. The lowest BCUT2D eigenvalue weighted by atomic mass is 10.3. The molecule has 0 aliphatic rings. The van der Waals surface area contributed by atoms with Crippen LogP contribution in [0.4, 0.5) is 0 Å². The van der Waals surface area contributed by atoms with Crippen molar-refractivity contribution in [2.45, 2.75) is 27.2 Å². The number of rotatable bonds is 2. The van der Waals surface area contributed by atoms with Crippen LogP contribution < -0.4 is 0 Å². The van der Waals surface area contributed by atoms with Gasteiger partial charge in [0.15, 0.2) is 5.82 Å². The van der Waals surface area contributed by atoms with Gasteiger partial charge in [-0.25, -0.2) is 4.98 Å². The van der Waals surface area contributed by atoms with Crippen LogP contribution in [0, 0.1) is 0 Å². The summed E-state index contributed by atoms with van der Waals surface area (Å²) in [7, 11) is 2.02. The Morgan fingerprint density at radius 2 is 1.94 bits per heavy atom. The summed E-state index contributed by atoms with van der Waals surface area (Å²) in [5, 5.41) is 0. The third-order valence-electron chi connectivity index (χ3n) is 2.34. The highest BCUT2D eigenvalue weighted by atomic mass is 15.1. The highest BCUT2D eigenvalue weighted by Gasteiger charge is 2.07. The highest BCUT2D eigenvalue weighted by Crippen LogP contribution is 2.15. The molecule has 0 N–H and O–H groups in total. The smallest absolute Gasteiger partial charge is 0.158 e. The molecule has 0 saturated carbocycles. The fourth-order valence-corrected chi connectivity index (χ4v) is 1.51. The second-order valence-electron chi connectivity index (χ2n) is 3.20. The van der Waals surface area contributed by atoms with Gasteiger partial charge in [0.05, 0.1) is 0 Å². The van der Waals surface area contributed by atoms with Crippen LogP contribution in [0.2, 0.25) is 0 Å². The van der Waals surface area contributed by atoms with Crippen molar-refractivity contribution >= 4 is 0 Å². The average Bonchev–Trinajstić information content (AvgIpc) is 2.74. The van der Waals surface area contributed by atoms with Gasteiger partial charge in [0, 0.05) is 25.1 Å². The van der Waals surface area contributed by atoms with Crippen LogP contribution in [0.1, 0.15) is 26.5 Å². The Morgan fingerprint density at radius 1 is 1.19 bits per heavy atom. The molecule has 0 spiro atoms. The zero-order valence-electron chi connectivity index (χ0n) is 10.4. The molecule has 16 heavy (non-hydrogen) atoms. The van der Waals surface area contributed by atoms with Gasteiger partial charge < -0.3 is 4.57 Å². The van der Waals surface area contributed by atoms with E-state index in [1.165, 1.54) is 5.69 Å². The minimum atomic E-state index is 0.926. The molecular weight excluding hydrogens is 198 g/mol. The van der Waals surface area contributed by atoms with Gasteiger partial charge in [-0.05, 0) is 18.6 Å². The third-order valence-corrected chi connectivity index (χ3v) is 2.34. The number of imidazole rings is 1. The summed E-state index contributed by atoms with van der Waals surface area (Å²) in [6.45, 7) is 6.12. The monoisotopic (exact) mass is 217 g/mol. The summed E-state index contributed by atoms with van der Waals surface area (Å²) in [6.07, 6.45) is 4.69. The molecule has 2 aromatic rings. The molecule has 0 aromatic carbocycles. The van der Waals surface area contributed by atoms with E-state index in [-0.39, 0.29) is 0 Å². The normalized spacial score (nSPS) is 9.50. The van der Waals surface area contributed by atoms with Crippen molar-refractivity contribution in [2.75, 3.05) is 0 Å². The SMILES string of the molecule is CC.CCc1cnc(-c2ccccn2)n1C. The Kier molecular flexibility index (Phi) is 4.70. The summed E-state index contributed by atoms with van der Waals surface area (Å²) < 4.78 is 2.09. The topological polar surface area (TPSA) is 30.7 Å². The van der Waals surface area contributed by atoms with Crippen molar-refractivity contribution < 1.29 is 0 Å². The molecule has 2 aromatic heterocycles. The Labute approximate surface area is 97.2 Å². The van der Waals surface area contributed by atoms with E-state index in [1.54, 1.807) is 6.20 Å². The number of pyridine rings is 1. The summed E-state index contributed by atoms with van der Waals surface area (Å²) in [6, 6.07) is 5.86. The van der Waals surface area contributed by atoms with Crippen molar-refractivity contribution in [3.05, 3.63) is 36.3 Å². The molecule has 0 bridgehead atoms. The second-order valence-corrected chi connectivity index (χ2v) is 3.20. The van der Waals surface area contributed by atoms with Crippen molar-refractivity contribution in [3.63, 3.8) is 0 Å². The fourth-order valence-electron chi connectivity index (χ4n) is 1.51. The quantitative estimate of drug-likeness (QED) is 0.774. The average molecular weight is 217 g/mol. The van der Waals surface area contributed by atoms with E-state index in [0.717, 1.165) is 17.9 Å². The summed E-state index contributed by atoms with van der Waals surface area (Å²) in [4.78, 5) is 8.63. The summed E-state index contributed by atoms with van der Waals surface area (Å²) in [5.74, 6) is 0.933. The molecule has 0 radical (unpaired) electrons. The van der Waals surface area contributed by atoms with Crippen LogP contribution in [-0.4, -0.2) is 14.5 Å². The maximum absolute atomic E-state index is 4.36. The van der Waals surface area contributed by atoms with Gasteiger partial charge in [-0.15, -0.1) is 0 Å². The summed E-state index contributed by atoms with van der Waals surface area (Å²) in [5.41, 5.74) is 2.15. The first-order valence-electron chi connectivity index (χ1n) is 5.75.